The summed E-state index contributed by atoms with van der Waals surface area (Å²) in [7, 11) is 1.40. The third-order valence-corrected chi connectivity index (χ3v) is 2.96. The molecule has 0 aliphatic carbocycles. The highest BCUT2D eigenvalue weighted by molar-refractivity contribution is 5.96. The number of amides is 3. The molecule has 7 nitrogen and oxygen atoms in total. The Balaban J connectivity index is 1.99. The van der Waals surface area contributed by atoms with Crippen molar-refractivity contribution in [3.05, 3.63) is 47.4 Å². The highest BCUT2D eigenvalue weighted by Gasteiger charge is 2.12. The minimum atomic E-state index is -0.663. The monoisotopic (exact) mass is 306 g/mol. The van der Waals surface area contributed by atoms with Gasteiger partial charge in [-0.05, 0) is 25.1 Å². The zero-order chi connectivity index (χ0) is 16.1. The number of anilines is 1. The van der Waals surface area contributed by atoms with E-state index in [-0.39, 0.29) is 12.1 Å². The maximum atomic E-state index is 13.5. The van der Waals surface area contributed by atoms with Crippen LogP contribution in [0.15, 0.2) is 29.0 Å². The number of carbonyl (C=O) groups excluding carboxylic acids is 2. The van der Waals surface area contributed by atoms with Crippen LogP contribution in [0.2, 0.25) is 0 Å². The number of nitrogens with one attached hydrogen (secondary N) is 3. The Kier molecular flexibility index (Phi) is 4.72. The Labute approximate surface area is 125 Å². The summed E-state index contributed by atoms with van der Waals surface area (Å²) in [5.41, 5.74) is 0.766. The molecule has 0 aliphatic heterocycles. The number of nitrogens with zero attached hydrogens (tertiary/aromatic N) is 1. The zero-order valence-electron chi connectivity index (χ0n) is 12.1. The van der Waals surface area contributed by atoms with Gasteiger partial charge in [0.1, 0.15) is 17.3 Å². The first-order valence-corrected chi connectivity index (χ1v) is 6.46. The molecular weight excluding hydrogens is 291 g/mol. The smallest absolute Gasteiger partial charge is 0.319 e. The normalized spacial score (nSPS) is 10.1. The quantitative estimate of drug-likeness (QED) is 0.802. The zero-order valence-corrected chi connectivity index (χ0v) is 12.1. The largest absolute Gasteiger partial charge is 0.448 e. The molecule has 3 N–H and O–H groups in total. The van der Waals surface area contributed by atoms with Crippen LogP contribution < -0.4 is 16.0 Å². The molecule has 0 fully saturated rings. The van der Waals surface area contributed by atoms with Gasteiger partial charge in [-0.1, -0.05) is 0 Å². The fourth-order valence-electron chi connectivity index (χ4n) is 1.75. The second-order valence-electron chi connectivity index (χ2n) is 4.44. The molecule has 0 unspecified atom stereocenters. The molecule has 1 aromatic carbocycles. The van der Waals surface area contributed by atoms with Gasteiger partial charge in [0.2, 0.25) is 0 Å². The number of aromatic nitrogens is 1. The van der Waals surface area contributed by atoms with Crippen LogP contribution in [0.25, 0.3) is 0 Å². The molecule has 116 valence electrons. The molecule has 1 aromatic heterocycles. The average Bonchev–Trinajstić information content (AvgIpc) is 2.91. The molecule has 8 heteroatoms. The molecule has 0 bridgehead atoms. The van der Waals surface area contributed by atoms with Gasteiger partial charge >= 0.3 is 6.03 Å². The maximum Gasteiger partial charge on any atom is 0.319 e. The molecule has 2 aromatic rings. The van der Waals surface area contributed by atoms with Crippen LogP contribution in [0.4, 0.5) is 14.9 Å². The van der Waals surface area contributed by atoms with E-state index in [1.54, 1.807) is 6.92 Å². The number of carbonyl (C=O) groups is 2. The predicted octanol–water partition coefficient (Wildman–Crippen LogP) is 1.80. The summed E-state index contributed by atoms with van der Waals surface area (Å²) in [5, 5.41) is 7.43. The summed E-state index contributed by atoms with van der Waals surface area (Å²) >= 11 is 0. The lowest BCUT2D eigenvalue weighted by Gasteiger charge is -2.09. The molecular formula is C14H15FN4O3. The SMILES string of the molecule is CNC(=O)c1cc(NC(=O)NCc2ncoc2C)ccc1F. The Morgan fingerprint density at radius 2 is 2.14 bits per heavy atom. The highest BCUT2D eigenvalue weighted by Crippen LogP contribution is 2.14. The summed E-state index contributed by atoms with van der Waals surface area (Å²) in [6.07, 6.45) is 1.29. The minimum absolute atomic E-state index is 0.146. The Bertz CT molecular complexity index is 699. The molecule has 1 heterocycles. The van der Waals surface area contributed by atoms with Crippen molar-refractivity contribution in [2.45, 2.75) is 13.5 Å². The van der Waals surface area contributed by atoms with Gasteiger partial charge < -0.3 is 20.4 Å². The first-order chi connectivity index (χ1) is 10.5. The number of benzene rings is 1. The maximum absolute atomic E-state index is 13.5. The molecule has 0 saturated carbocycles. The van der Waals surface area contributed by atoms with Crippen LogP contribution in [-0.4, -0.2) is 24.0 Å². The predicted molar refractivity (Wildman–Crippen MR) is 76.9 cm³/mol. The van der Waals surface area contributed by atoms with E-state index in [2.05, 4.69) is 20.9 Å². The first kappa shape index (κ1) is 15.5. The second kappa shape index (κ2) is 6.70. The van der Waals surface area contributed by atoms with Crippen molar-refractivity contribution in [1.29, 1.82) is 0 Å². The van der Waals surface area contributed by atoms with Crippen molar-refractivity contribution in [2.75, 3.05) is 12.4 Å². The Hall–Kier alpha value is -2.90. The van der Waals surface area contributed by atoms with Gasteiger partial charge in [-0.3, -0.25) is 4.79 Å². The number of oxazole rings is 1. The van der Waals surface area contributed by atoms with Crippen LogP contribution in [-0.2, 0) is 6.54 Å². The van der Waals surface area contributed by atoms with E-state index < -0.39 is 17.8 Å². The molecule has 0 radical (unpaired) electrons. The summed E-state index contributed by atoms with van der Waals surface area (Å²) in [5.74, 6) is -0.618. The van der Waals surface area contributed by atoms with Crippen LogP contribution >= 0.6 is 0 Å². The lowest BCUT2D eigenvalue weighted by Crippen LogP contribution is -2.28. The third-order valence-electron chi connectivity index (χ3n) is 2.96. The minimum Gasteiger partial charge on any atom is -0.448 e. The number of aryl methyl sites for hydroxylation is 1. The van der Waals surface area contributed by atoms with E-state index in [4.69, 9.17) is 4.42 Å². The van der Waals surface area contributed by atoms with Crippen molar-refractivity contribution >= 4 is 17.6 Å². The van der Waals surface area contributed by atoms with E-state index in [9.17, 15) is 14.0 Å². The molecule has 22 heavy (non-hydrogen) atoms. The highest BCUT2D eigenvalue weighted by atomic mass is 19.1. The van der Waals surface area contributed by atoms with Crippen LogP contribution in [0.5, 0.6) is 0 Å². The van der Waals surface area contributed by atoms with Crippen LogP contribution in [0.1, 0.15) is 21.8 Å². The van der Waals surface area contributed by atoms with E-state index in [0.29, 0.717) is 17.1 Å². The fourth-order valence-corrected chi connectivity index (χ4v) is 1.75. The summed E-state index contributed by atoms with van der Waals surface area (Å²) in [6.45, 7) is 1.93. The lowest BCUT2D eigenvalue weighted by atomic mass is 10.1. The number of hydrogen-bond acceptors (Lipinski definition) is 4. The Morgan fingerprint density at radius 3 is 2.77 bits per heavy atom. The van der Waals surface area contributed by atoms with Crippen molar-refractivity contribution in [3.63, 3.8) is 0 Å². The van der Waals surface area contributed by atoms with E-state index >= 15 is 0 Å². The topological polar surface area (TPSA) is 96.3 Å². The van der Waals surface area contributed by atoms with Gasteiger partial charge in [0, 0.05) is 12.7 Å². The molecule has 0 aliphatic rings. The molecule has 0 saturated heterocycles. The number of hydrogen-bond donors (Lipinski definition) is 3. The summed E-state index contributed by atoms with van der Waals surface area (Å²) < 4.78 is 18.5. The Morgan fingerprint density at radius 1 is 1.36 bits per heavy atom. The van der Waals surface area contributed by atoms with Gasteiger partial charge in [-0.25, -0.2) is 14.2 Å². The van der Waals surface area contributed by atoms with Gasteiger partial charge in [-0.15, -0.1) is 0 Å². The number of halogens is 1. The number of rotatable bonds is 4. The fraction of sp³-hybridized carbons (Fsp3) is 0.214. The molecule has 0 atom stereocenters. The summed E-state index contributed by atoms with van der Waals surface area (Å²) in [4.78, 5) is 27.2. The molecule has 0 spiro atoms. The van der Waals surface area contributed by atoms with Gasteiger partial charge in [-0.2, -0.15) is 0 Å². The lowest BCUT2D eigenvalue weighted by molar-refractivity contribution is 0.0959. The van der Waals surface area contributed by atoms with Gasteiger partial charge in [0.15, 0.2) is 6.39 Å². The van der Waals surface area contributed by atoms with Crippen molar-refractivity contribution in [3.8, 4) is 0 Å². The van der Waals surface area contributed by atoms with Crippen LogP contribution in [0, 0.1) is 12.7 Å². The van der Waals surface area contributed by atoms with Crippen molar-refractivity contribution < 1.29 is 18.4 Å². The molecule has 2 rings (SSSR count). The average molecular weight is 306 g/mol. The van der Waals surface area contributed by atoms with E-state index in [1.807, 2.05) is 0 Å². The summed E-state index contributed by atoms with van der Waals surface area (Å²) in [6, 6.07) is 3.23. The van der Waals surface area contributed by atoms with E-state index in [0.717, 1.165) is 6.07 Å². The van der Waals surface area contributed by atoms with Gasteiger partial charge in [0.05, 0.1) is 12.1 Å². The van der Waals surface area contributed by atoms with Gasteiger partial charge in [0.25, 0.3) is 5.91 Å². The van der Waals surface area contributed by atoms with Crippen molar-refractivity contribution in [1.82, 2.24) is 15.6 Å². The van der Waals surface area contributed by atoms with E-state index in [1.165, 1.54) is 25.6 Å². The number of urea groups is 1. The second-order valence-corrected chi connectivity index (χ2v) is 4.44. The van der Waals surface area contributed by atoms with Crippen molar-refractivity contribution in [2.24, 2.45) is 0 Å². The standard InChI is InChI=1S/C14H15FN4O3/c1-8-12(18-7-22-8)6-17-14(21)19-9-3-4-11(15)10(5-9)13(20)16-2/h3-5,7H,6H2,1-2H3,(H,16,20)(H2,17,19,21). The van der Waals surface area contributed by atoms with Crippen LogP contribution in [0.3, 0.4) is 0 Å². The molecule has 3 amide bonds. The third kappa shape index (κ3) is 3.60. The first-order valence-electron chi connectivity index (χ1n) is 6.46.